The van der Waals surface area contributed by atoms with Crippen LogP contribution in [0, 0.1) is 5.41 Å². The number of carbonyl (C=O) groups is 1. The molecule has 2 aliphatic heterocycles. The van der Waals surface area contributed by atoms with Gasteiger partial charge < -0.3 is 10.2 Å². The molecular formula is C14H19ClN2O3S2. The van der Waals surface area contributed by atoms with Crippen LogP contribution in [0.4, 0.5) is 4.79 Å². The lowest BCUT2D eigenvalue weighted by atomic mass is 9.80. The highest BCUT2D eigenvalue weighted by Crippen LogP contribution is 2.40. The van der Waals surface area contributed by atoms with Gasteiger partial charge in [-0.3, -0.25) is 0 Å². The van der Waals surface area contributed by atoms with Crippen molar-refractivity contribution in [2.45, 2.75) is 25.8 Å². The number of sulfone groups is 1. The largest absolute Gasteiger partial charge is 0.333 e. The molecule has 0 bridgehead atoms. The van der Waals surface area contributed by atoms with E-state index < -0.39 is 9.84 Å². The summed E-state index contributed by atoms with van der Waals surface area (Å²) in [7, 11) is -2.93. The topological polar surface area (TPSA) is 66.5 Å². The summed E-state index contributed by atoms with van der Waals surface area (Å²) in [6.45, 7) is 1.69. The van der Waals surface area contributed by atoms with E-state index in [9.17, 15) is 13.2 Å². The number of likely N-dealkylation sites (tertiary alicyclic amines) is 1. The number of nitrogens with one attached hydrogen (secondary N) is 1. The van der Waals surface area contributed by atoms with Gasteiger partial charge in [-0.15, -0.1) is 11.3 Å². The summed E-state index contributed by atoms with van der Waals surface area (Å²) in [5.74, 6) is 0.487. The molecule has 1 aromatic heterocycles. The highest BCUT2D eigenvalue weighted by atomic mass is 35.5. The molecule has 1 aromatic rings. The summed E-state index contributed by atoms with van der Waals surface area (Å²) in [4.78, 5) is 15.1. The Bertz CT molecular complexity index is 673. The first-order chi connectivity index (χ1) is 10.4. The summed E-state index contributed by atoms with van der Waals surface area (Å²) in [6.07, 6.45) is 2.45. The minimum absolute atomic E-state index is 0.118. The van der Waals surface area contributed by atoms with Crippen molar-refractivity contribution in [2.75, 3.05) is 24.6 Å². The zero-order valence-corrected chi connectivity index (χ0v) is 14.6. The smallest absolute Gasteiger partial charge is 0.317 e. The first-order valence-corrected chi connectivity index (χ1v) is 10.4. The number of hydrogen-bond donors (Lipinski definition) is 1. The molecule has 1 spiro atoms. The summed E-state index contributed by atoms with van der Waals surface area (Å²) in [5, 5.41) is 2.90. The average Bonchev–Trinajstić information content (AvgIpc) is 3.00. The van der Waals surface area contributed by atoms with Crippen LogP contribution in [0.5, 0.6) is 0 Å². The van der Waals surface area contributed by atoms with E-state index in [2.05, 4.69) is 5.32 Å². The predicted octanol–water partition coefficient (Wildman–Crippen LogP) is 2.51. The Hall–Kier alpha value is -0.790. The Balaban J connectivity index is 1.59. The second kappa shape index (κ2) is 6.02. The first-order valence-electron chi connectivity index (χ1n) is 7.35. The summed E-state index contributed by atoms with van der Waals surface area (Å²) >= 11 is 7.32. The molecule has 122 valence electrons. The monoisotopic (exact) mass is 362 g/mol. The fourth-order valence-corrected chi connectivity index (χ4v) is 6.64. The molecule has 3 heterocycles. The number of rotatable bonds is 2. The van der Waals surface area contributed by atoms with Gasteiger partial charge in [-0.2, -0.15) is 0 Å². The molecule has 2 aliphatic rings. The minimum atomic E-state index is -2.93. The van der Waals surface area contributed by atoms with Gasteiger partial charge in [0.25, 0.3) is 0 Å². The Labute approximate surface area is 139 Å². The molecule has 0 saturated carbocycles. The minimum Gasteiger partial charge on any atom is -0.333 e. The summed E-state index contributed by atoms with van der Waals surface area (Å²) in [6, 6.07) is 3.59. The number of amides is 2. The molecule has 2 saturated heterocycles. The lowest BCUT2D eigenvalue weighted by Gasteiger charge is -2.39. The van der Waals surface area contributed by atoms with E-state index in [1.807, 2.05) is 12.1 Å². The van der Waals surface area contributed by atoms with Gasteiger partial charge in [0, 0.05) is 23.4 Å². The van der Waals surface area contributed by atoms with Crippen molar-refractivity contribution >= 4 is 38.8 Å². The van der Waals surface area contributed by atoms with Gasteiger partial charge in [0.2, 0.25) is 0 Å². The summed E-state index contributed by atoms with van der Waals surface area (Å²) < 4.78 is 24.2. The van der Waals surface area contributed by atoms with Gasteiger partial charge in [-0.25, -0.2) is 13.2 Å². The van der Waals surface area contributed by atoms with Crippen molar-refractivity contribution < 1.29 is 13.2 Å². The zero-order chi connectivity index (χ0) is 15.8. The number of thiophene rings is 1. The van der Waals surface area contributed by atoms with Gasteiger partial charge in [-0.1, -0.05) is 11.6 Å². The van der Waals surface area contributed by atoms with Gasteiger partial charge >= 0.3 is 6.03 Å². The molecule has 5 nitrogen and oxygen atoms in total. The molecule has 3 rings (SSSR count). The van der Waals surface area contributed by atoms with Crippen molar-refractivity contribution in [2.24, 2.45) is 5.41 Å². The van der Waals surface area contributed by atoms with Crippen LogP contribution in [0.1, 0.15) is 24.1 Å². The third kappa shape index (κ3) is 3.58. The highest BCUT2D eigenvalue weighted by molar-refractivity contribution is 7.91. The van der Waals surface area contributed by atoms with E-state index in [0.29, 0.717) is 30.4 Å². The van der Waals surface area contributed by atoms with Crippen LogP contribution in [0.25, 0.3) is 0 Å². The van der Waals surface area contributed by atoms with Gasteiger partial charge in [0.05, 0.1) is 22.4 Å². The third-order valence-corrected chi connectivity index (χ3v) is 7.57. The maximum atomic E-state index is 12.3. The van der Waals surface area contributed by atoms with Gasteiger partial charge in [0.1, 0.15) is 0 Å². The lowest BCUT2D eigenvalue weighted by Crippen LogP contribution is -2.50. The van der Waals surface area contributed by atoms with Crippen molar-refractivity contribution in [3.63, 3.8) is 0 Å². The molecule has 0 aliphatic carbocycles. The van der Waals surface area contributed by atoms with Crippen molar-refractivity contribution in [3.05, 3.63) is 21.3 Å². The van der Waals surface area contributed by atoms with E-state index in [-0.39, 0.29) is 23.0 Å². The van der Waals surface area contributed by atoms with E-state index in [1.54, 1.807) is 4.90 Å². The summed E-state index contributed by atoms with van der Waals surface area (Å²) in [5.41, 5.74) is -0.222. The van der Waals surface area contributed by atoms with E-state index in [0.717, 1.165) is 17.7 Å². The predicted molar refractivity (Wildman–Crippen MR) is 88.1 cm³/mol. The third-order valence-electron chi connectivity index (χ3n) is 4.46. The number of halogens is 1. The second-order valence-electron chi connectivity index (χ2n) is 6.23. The standard InChI is InChI=1S/C14H19ClN2O3S2/c15-12-3-2-11(21-12)8-16-13(18)17-6-1-4-14(9-17)5-7-22(19,20)10-14/h2-3H,1,4-10H2,(H,16,18). The molecule has 22 heavy (non-hydrogen) atoms. The molecule has 1 N–H and O–H groups in total. The van der Waals surface area contributed by atoms with Crippen LogP contribution in [0.3, 0.4) is 0 Å². The van der Waals surface area contributed by atoms with Crippen LogP contribution >= 0.6 is 22.9 Å². The van der Waals surface area contributed by atoms with Crippen LogP contribution in [-0.2, 0) is 16.4 Å². The molecule has 0 aromatic carbocycles. The normalized spacial score (nSPS) is 27.2. The first kappa shape index (κ1) is 16.1. The molecule has 0 radical (unpaired) electrons. The fourth-order valence-electron chi connectivity index (χ4n) is 3.41. The second-order valence-corrected chi connectivity index (χ2v) is 10.2. The van der Waals surface area contributed by atoms with Gasteiger partial charge in [-0.05, 0) is 31.4 Å². The highest BCUT2D eigenvalue weighted by Gasteiger charge is 2.45. The van der Waals surface area contributed by atoms with Gasteiger partial charge in [0.15, 0.2) is 9.84 Å². The van der Waals surface area contributed by atoms with E-state index in [4.69, 9.17) is 11.6 Å². The number of piperidine rings is 1. The average molecular weight is 363 g/mol. The number of nitrogens with zero attached hydrogens (tertiary/aromatic N) is 1. The molecule has 2 amide bonds. The molecule has 1 atom stereocenters. The lowest BCUT2D eigenvalue weighted by molar-refractivity contribution is 0.121. The molecular weight excluding hydrogens is 344 g/mol. The van der Waals surface area contributed by atoms with E-state index >= 15 is 0 Å². The Kier molecular flexibility index (Phi) is 4.40. The van der Waals surface area contributed by atoms with E-state index in [1.165, 1.54) is 11.3 Å². The van der Waals surface area contributed by atoms with Crippen molar-refractivity contribution in [3.8, 4) is 0 Å². The van der Waals surface area contributed by atoms with Crippen LogP contribution in [0.15, 0.2) is 12.1 Å². The van der Waals surface area contributed by atoms with Crippen molar-refractivity contribution in [1.82, 2.24) is 10.2 Å². The number of hydrogen-bond acceptors (Lipinski definition) is 4. The molecule has 1 unspecified atom stereocenters. The number of carbonyl (C=O) groups excluding carboxylic acids is 1. The van der Waals surface area contributed by atoms with Crippen LogP contribution in [-0.4, -0.2) is 43.9 Å². The fraction of sp³-hybridized carbons (Fsp3) is 0.643. The molecule has 2 fully saturated rings. The maximum Gasteiger partial charge on any atom is 0.317 e. The quantitative estimate of drug-likeness (QED) is 0.879. The Morgan fingerprint density at radius 2 is 2.23 bits per heavy atom. The zero-order valence-electron chi connectivity index (χ0n) is 12.2. The van der Waals surface area contributed by atoms with Crippen LogP contribution in [0.2, 0.25) is 4.34 Å². The Morgan fingerprint density at radius 3 is 2.86 bits per heavy atom. The van der Waals surface area contributed by atoms with Crippen molar-refractivity contribution in [1.29, 1.82) is 0 Å². The SMILES string of the molecule is O=C(NCc1ccc(Cl)s1)N1CCCC2(CCS(=O)(=O)C2)C1. The molecule has 8 heteroatoms. The maximum absolute atomic E-state index is 12.3. The Morgan fingerprint density at radius 1 is 1.41 bits per heavy atom. The van der Waals surface area contributed by atoms with Crippen LogP contribution < -0.4 is 5.32 Å². The number of urea groups is 1.